The second-order valence-electron chi connectivity index (χ2n) is 4.14. The van der Waals surface area contributed by atoms with Gasteiger partial charge >= 0.3 is 0 Å². The van der Waals surface area contributed by atoms with Crippen LogP contribution in [0.1, 0.15) is 0 Å². The number of carboxylic acids is 1. The average Bonchev–Trinajstić information content (AvgIpc) is 2.84. The topological polar surface area (TPSA) is 158 Å². The van der Waals surface area contributed by atoms with E-state index in [0.29, 0.717) is 0 Å². The monoisotopic (exact) mass is 283 g/mol. The third-order valence-electron chi connectivity index (χ3n) is 2.81. The van der Waals surface area contributed by atoms with E-state index >= 15 is 0 Å². The van der Waals surface area contributed by atoms with Crippen LogP contribution in [0, 0.1) is 0 Å². The van der Waals surface area contributed by atoms with Crippen LogP contribution in [0.3, 0.4) is 0 Å². The molecule has 106 valence electrons. The quantitative estimate of drug-likeness (QED) is 0.281. The van der Waals surface area contributed by atoms with Crippen LogP contribution in [0.4, 0.5) is 0 Å². The molecular formula is C9H17NO7S. The van der Waals surface area contributed by atoms with Crippen LogP contribution in [0.25, 0.3) is 0 Å². The van der Waals surface area contributed by atoms with Crippen molar-refractivity contribution in [2.75, 3.05) is 12.4 Å². The first-order valence-corrected chi connectivity index (χ1v) is 6.44. The molecule has 0 bridgehead atoms. The lowest BCUT2D eigenvalue weighted by molar-refractivity contribution is -0.692. The van der Waals surface area contributed by atoms with Crippen molar-refractivity contribution in [3.63, 3.8) is 0 Å². The Morgan fingerprint density at radius 3 is 2.39 bits per heavy atom. The highest BCUT2D eigenvalue weighted by molar-refractivity contribution is 8.00. The molecule has 0 saturated carbocycles. The van der Waals surface area contributed by atoms with Crippen molar-refractivity contribution >= 4 is 17.7 Å². The van der Waals surface area contributed by atoms with E-state index in [1.165, 1.54) is 5.32 Å². The van der Waals surface area contributed by atoms with Gasteiger partial charge in [-0.15, -0.1) is 0 Å². The molecule has 6 atom stereocenters. The number of nitrogens with two attached hydrogens (primary N) is 1. The normalized spacial score (nSPS) is 30.7. The molecule has 0 unspecified atom stereocenters. The molecule has 1 aliphatic heterocycles. The zero-order valence-electron chi connectivity index (χ0n) is 9.42. The lowest BCUT2D eigenvalue weighted by Gasteiger charge is -2.27. The van der Waals surface area contributed by atoms with Crippen molar-refractivity contribution in [1.29, 1.82) is 0 Å². The Kier molecular flexibility index (Phi) is 5.79. The van der Waals surface area contributed by atoms with Crippen molar-refractivity contribution < 1.29 is 40.8 Å². The maximum atomic E-state index is 10.6. The Balaban J connectivity index is 2.54. The van der Waals surface area contributed by atoms with E-state index in [4.69, 9.17) is 10.2 Å². The number of hydrogen-bond donors (Lipinski definition) is 6. The number of thioether (sulfide) groups is 1. The lowest BCUT2D eigenvalue weighted by atomic mass is 10.0. The van der Waals surface area contributed by atoms with E-state index in [9.17, 15) is 25.2 Å². The second kappa shape index (κ2) is 6.66. The summed E-state index contributed by atoms with van der Waals surface area (Å²) in [6, 6.07) is -0.818. The van der Waals surface area contributed by atoms with Gasteiger partial charge in [0.05, 0.1) is 12.4 Å². The van der Waals surface area contributed by atoms with Gasteiger partial charge in [-0.05, 0) is 0 Å². The number of carboxylic acid groups (broad SMARTS) is 1. The predicted octanol–water partition coefficient (Wildman–Crippen LogP) is -5.82. The number of aliphatic hydroxyl groups excluding tert-OH is 5. The van der Waals surface area contributed by atoms with Crippen molar-refractivity contribution in [2.24, 2.45) is 0 Å². The molecular weight excluding hydrogens is 266 g/mol. The highest BCUT2D eigenvalue weighted by atomic mass is 32.2. The number of carbonyl (C=O) groups excluding carboxylic acids is 1. The predicted molar refractivity (Wildman–Crippen MR) is 58.1 cm³/mol. The van der Waals surface area contributed by atoms with E-state index in [1.54, 1.807) is 0 Å². The smallest absolute Gasteiger partial charge is 0.162 e. The molecule has 0 radical (unpaired) electrons. The first-order chi connectivity index (χ1) is 8.38. The number of aliphatic hydroxyl groups is 5. The Morgan fingerprint density at radius 2 is 1.94 bits per heavy atom. The largest absolute Gasteiger partial charge is 0.544 e. The molecule has 0 aromatic heterocycles. The van der Waals surface area contributed by atoms with Crippen LogP contribution in [-0.4, -0.2) is 79.7 Å². The minimum atomic E-state index is -1.71. The molecule has 0 aromatic rings. The highest BCUT2D eigenvalue weighted by Crippen LogP contribution is 2.19. The van der Waals surface area contributed by atoms with Gasteiger partial charge < -0.3 is 40.8 Å². The SMILES string of the molecule is O=C([O-])[C@@H]1CS[C@H]([C@H](O)[C@@H](O)[C@H](O)[C@H](O)CO)[NH2+]1. The van der Waals surface area contributed by atoms with Gasteiger partial charge in [-0.3, -0.25) is 0 Å². The molecule has 0 amide bonds. The molecule has 1 rings (SSSR count). The van der Waals surface area contributed by atoms with E-state index in [2.05, 4.69) is 0 Å². The zero-order chi connectivity index (χ0) is 13.9. The Bertz CT molecular complexity index is 292. The van der Waals surface area contributed by atoms with Gasteiger partial charge in [0.25, 0.3) is 0 Å². The molecule has 8 nitrogen and oxygen atoms in total. The summed E-state index contributed by atoms with van der Waals surface area (Å²) in [5.74, 6) is -1.04. The summed E-state index contributed by atoms with van der Waals surface area (Å²) in [7, 11) is 0. The first-order valence-electron chi connectivity index (χ1n) is 5.39. The standard InChI is InChI=1S/C9H17NO7S/c11-1-4(12)5(13)6(14)7(15)8-10-3(2-18-8)9(16)17/h3-8,10-15H,1-2H2,(H,16,17)/t3-,4+,5+,6-,7+,8+/m0/s1. The highest BCUT2D eigenvalue weighted by Gasteiger charge is 2.41. The van der Waals surface area contributed by atoms with Gasteiger partial charge in [-0.1, -0.05) is 11.8 Å². The first kappa shape index (κ1) is 15.6. The number of carbonyl (C=O) groups is 1. The second-order valence-corrected chi connectivity index (χ2v) is 5.35. The van der Waals surface area contributed by atoms with Crippen LogP contribution in [0.15, 0.2) is 0 Å². The Hall–Kier alpha value is -0.420. The summed E-state index contributed by atoms with van der Waals surface area (Å²) >= 11 is 1.11. The number of hydrogen-bond acceptors (Lipinski definition) is 8. The molecule has 1 fully saturated rings. The molecule has 7 N–H and O–H groups in total. The Labute approximate surface area is 107 Å². The number of rotatable bonds is 6. The molecule has 18 heavy (non-hydrogen) atoms. The van der Waals surface area contributed by atoms with Gasteiger partial charge in [0.2, 0.25) is 0 Å². The molecule has 1 aliphatic rings. The van der Waals surface area contributed by atoms with Crippen LogP contribution < -0.4 is 10.4 Å². The minimum Gasteiger partial charge on any atom is -0.544 e. The molecule has 0 aromatic carbocycles. The summed E-state index contributed by atoms with van der Waals surface area (Å²) in [4.78, 5) is 10.6. The summed E-state index contributed by atoms with van der Waals surface area (Å²) in [5, 5.41) is 57.8. The van der Waals surface area contributed by atoms with Gasteiger partial charge in [-0.2, -0.15) is 0 Å². The van der Waals surface area contributed by atoms with Crippen molar-refractivity contribution in [3.05, 3.63) is 0 Å². The fourth-order valence-electron chi connectivity index (χ4n) is 1.65. The van der Waals surface area contributed by atoms with Crippen molar-refractivity contribution in [1.82, 2.24) is 0 Å². The number of aliphatic carboxylic acids is 1. The third kappa shape index (κ3) is 3.54. The number of quaternary nitrogens is 1. The lowest BCUT2D eigenvalue weighted by Crippen LogP contribution is -2.96. The fourth-order valence-corrected chi connectivity index (χ4v) is 2.98. The summed E-state index contributed by atoms with van der Waals surface area (Å²) < 4.78 is 0. The summed E-state index contributed by atoms with van der Waals surface area (Å²) in [5.41, 5.74) is 0. The minimum absolute atomic E-state index is 0.218. The molecule has 1 heterocycles. The van der Waals surface area contributed by atoms with Crippen LogP contribution in [0.5, 0.6) is 0 Å². The van der Waals surface area contributed by atoms with E-state index < -0.39 is 48.4 Å². The van der Waals surface area contributed by atoms with E-state index in [1.807, 2.05) is 0 Å². The summed E-state index contributed by atoms with van der Waals surface area (Å²) in [6.07, 6.45) is -6.39. The average molecular weight is 283 g/mol. The van der Waals surface area contributed by atoms with Crippen LogP contribution in [0.2, 0.25) is 0 Å². The zero-order valence-corrected chi connectivity index (χ0v) is 10.2. The van der Waals surface area contributed by atoms with Crippen molar-refractivity contribution in [3.8, 4) is 0 Å². The van der Waals surface area contributed by atoms with Crippen molar-refractivity contribution in [2.45, 2.75) is 35.8 Å². The Morgan fingerprint density at radius 1 is 1.33 bits per heavy atom. The van der Waals surface area contributed by atoms with E-state index in [-0.39, 0.29) is 5.75 Å². The van der Waals surface area contributed by atoms with Gasteiger partial charge in [-0.25, -0.2) is 0 Å². The molecule has 0 aliphatic carbocycles. The van der Waals surface area contributed by atoms with E-state index in [0.717, 1.165) is 11.8 Å². The molecule has 1 saturated heterocycles. The molecule has 0 spiro atoms. The summed E-state index contributed by atoms with van der Waals surface area (Å²) in [6.45, 7) is -0.756. The fraction of sp³-hybridized carbons (Fsp3) is 0.889. The van der Waals surface area contributed by atoms with Gasteiger partial charge in [0.15, 0.2) is 5.37 Å². The maximum absolute atomic E-state index is 10.6. The third-order valence-corrected chi connectivity index (χ3v) is 4.18. The van der Waals surface area contributed by atoms with Crippen LogP contribution >= 0.6 is 11.8 Å². The van der Waals surface area contributed by atoms with Gasteiger partial charge in [0.1, 0.15) is 36.4 Å². The van der Waals surface area contributed by atoms with Gasteiger partial charge in [0, 0.05) is 0 Å². The van der Waals surface area contributed by atoms with Crippen LogP contribution in [-0.2, 0) is 4.79 Å². The molecule has 9 heteroatoms. The maximum Gasteiger partial charge on any atom is 0.162 e.